The maximum atomic E-state index is 14.8. The number of rotatable bonds is 8. The van der Waals surface area contributed by atoms with Gasteiger partial charge < -0.3 is 15.5 Å². The first-order chi connectivity index (χ1) is 17.9. The Kier molecular flexibility index (Phi) is 7.71. The van der Waals surface area contributed by atoms with Gasteiger partial charge in [-0.1, -0.05) is 17.7 Å². The lowest BCUT2D eigenvalue weighted by Crippen LogP contribution is -2.47. The average Bonchev–Trinajstić information content (AvgIpc) is 3.43. The highest BCUT2D eigenvalue weighted by molar-refractivity contribution is 7.18. The molecule has 0 spiro atoms. The molecule has 37 heavy (non-hydrogen) atoms. The normalized spacial score (nSPS) is 19.9. The minimum atomic E-state index is -0.626. The first-order valence-electron chi connectivity index (χ1n) is 12.1. The van der Waals surface area contributed by atoms with Gasteiger partial charge in [-0.15, -0.1) is 11.3 Å². The predicted molar refractivity (Wildman–Crippen MR) is 142 cm³/mol. The van der Waals surface area contributed by atoms with Gasteiger partial charge in [-0.05, 0) is 49.8 Å². The van der Waals surface area contributed by atoms with E-state index in [1.807, 2.05) is 4.90 Å². The van der Waals surface area contributed by atoms with Gasteiger partial charge in [-0.3, -0.25) is 23.9 Å². The van der Waals surface area contributed by atoms with Crippen LogP contribution in [0.25, 0.3) is 5.69 Å². The van der Waals surface area contributed by atoms with E-state index in [9.17, 15) is 18.8 Å². The van der Waals surface area contributed by atoms with Gasteiger partial charge in [-0.2, -0.15) is 0 Å². The lowest BCUT2D eigenvalue weighted by molar-refractivity contribution is -0.117. The monoisotopic (exact) mass is 543 g/mol. The summed E-state index contributed by atoms with van der Waals surface area (Å²) in [5.74, 6) is -0.962. The Morgan fingerprint density at radius 3 is 2.59 bits per heavy atom. The molecule has 2 aliphatic rings. The average molecular weight is 544 g/mol. The number of carbonyl (C=O) groups excluding carboxylic acids is 2. The molecule has 2 aliphatic heterocycles. The first-order valence-corrected chi connectivity index (χ1v) is 13.3. The second-order valence-corrected chi connectivity index (χ2v) is 11.1. The van der Waals surface area contributed by atoms with Crippen LogP contribution in [0, 0.1) is 11.7 Å². The fourth-order valence-electron chi connectivity index (χ4n) is 4.80. The van der Waals surface area contributed by atoms with E-state index < -0.39 is 5.82 Å². The van der Waals surface area contributed by atoms with Gasteiger partial charge in [0.25, 0.3) is 11.5 Å². The van der Waals surface area contributed by atoms with Crippen molar-refractivity contribution in [1.82, 2.24) is 19.7 Å². The fraction of sp³-hybridized carbons (Fsp3) is 0.346. The molecule has 2 amide bonds. The summed E-state index contributed by atoms with van der Waals surface area (Å²) in [6.45, 7) is 4.19. The third-order valence-corrected chi connectivity index (χ3v) is 8.00. The van der Waals surface area contributed by atoms with Gasteiger partial charge in [-0.25, -0.2) is 4.39 Å². The molecular weight excluding hydrogens is 517 g/mol. The van der Waals surface area contributed by atoms with Crippen molar-refractivity contribution in [2.45, 2.75) is 12.5 Å². The van der Waals surface area contributed by atoms with E-state index in [1.54, 1.807) is 36.5 Å². The number of carbonyl (C=O) groups is 2. The van der Waals surface area contributed by atoms with Gasteiger partial charge in [0.2, 0.25) is 5.91 Å². The number of nitrogens with zero attached hydrogens (tertiary/aromatic N) is 3. The van der Waals surface area contributed by atoms with E-state index in [2.05, 4.69) is 15.5 Å². The molecule has 0 saturated carbocycles. The second-order valence-electron chi connectivity index (χ2n) is 9.41. The Hall–Kier alpha value is -3.05. The molecule has 2 N–H and O–H groups in total. The Bertz CT molecular complexity index is 1360. The van der Waals surface area contributed by atoms with Crippen LogP contribution in [0.5, 0.6) is 0 Å². The summed E-state index contributed by atoms with van der Waals surface area (Å²) in [5.41, 5.74) is 0.151. The number of pyridine rings is 1. The molecule has 0 unspecified atom stereocenters. The molecule has 2 aromatic heterocycles. The summed E-state index contributed by atoms with van der Waals surface area (Å²) in [6, 6.07) is 12.3. The number of amides is 2. The third kappa shape index (κ3) is 6.10. The highest BCUT2D eigenvalue weighted by atomic mass is 35.5. The molecule has 0 radical (unpaired) electrons. The zero-order chi connectivity index (χ0) is 25.9. The Labute approximate surface area is 222 Å². The Morgan fingerprint density at radius 2 is 1.92 bits per heavy atom. The number of thiophene rings is 1. The smallest absolute Gasteiger partial charge is 0.261 e. The molecule has 3 aromatic rings. The van der Waals surface area contributed by atoms with Crippen LogP contribution in [0.3, 0.4) is 0 Å². The quantitative estimate of drug-likeness (QED) is 0.456. The number of hydrogen-bond acceptors (Lipinski definition) is 6. The number of nitrogens with one attached hydrogen (secondary N) is 2. The van der Waals surface area contributed by atoms with E-state index in [1.165, 1.54) is 40.5 Å². The first kappa shape index (κ1) is 25.6. The van der Waals surface area contributed by atoms with Gasteiger partial charge in [0.15, 0.2) is 0 Å². The van der Waals surface area contributed by atoms with Crippen LogP contribution in [0.2, 0.25) is 4.34 Å². The van der Waals surface area contributed by atoms with Crippen molar-refractivity contribution < 1.29 is 14.0 Å². The number of anilines is 1. The summed E-state index contributed by atoms with van der Waals surface area (Å²) in [6.07, 6.45) is 2.73. The van der Waals surface area contributed by atoms with Crippen LogP contribution in [0.1, 0.15) is 16.1 Å². The zero-order valence-corrected chi connectivity index (χ0v) is 21.6. The van der Waals surface area contributed by atoms with Gasteiger partial charge >= 0.3 is 0 Å². The SMILES string of the molecule is O=C(CN1C[C@H](CN2CCC2)[C@@H](NC(=O)c2ccc(Cl)s2)C1)Nc1ccc(-n2ccccc2=O)cc1F. The minimum absolute atomic E-state index is 0.0495. The van der Waals surface area contributed by atoms with Crippen LogP contribution in [0.4, 0.5) is 10.1 Å². The molecule has 0 aliphatic carbocycles. The van der Waals surface area contributed by atoms with Crippen molar-refractivity contribution in [3.8, 4) is 5.69 Å². The van der Waals surface area contributed by atoms with Crippen LogP contribution < -0.4 is 16.2 Å². The van der Waals surface area contributed by atoms with Crippen molar-refractivity contribution in [2.24, 2.45) is 5.92 Å². The Morgan fingerprint density at radius 1 is 1.08 bits per heavy atom. The van der Waals surface area contributed by atoms with E-state index in [0.29, 0.717) is 28.0 Å². The van der Waals surface area contributed by atoms with Crippen molar-refractivity contribution in [2.75, 3.05) is 44.6 Å². The number of hydrogen-bond donors (Lipinski definition) is 2. The molecule has 2 atom stereocenters. The van der Waals surface area contributed by atoms with E-state index >= 15 is 0 Å². The lowest BCUT2D eigenvalue weighted by Gasteiger charge is -2.34. The van der Waals surface area contributed by atoms with Crippen molar-refractivity contribution in [3.63, 3.8) is 0 Å². The fourth-order valence-corrected chi connectivity index (χ4v) is 5.75. The van der Waals surface area contributed by atoms with Crippen LogP contribution in [0.15, 0.2) is 59.5 Å². The van der Waals surface area contributed by atoms with Crippen molar-refractivity contribution in [3.05, 3.63) is 80.1 Å². The maximum absolute atomic E-state index is 14.8. The lowest BCUT2D eigenvalue weighted by atomic mass is 10.0. The standard InChI is InChI=1S/C26H27ClFN5O3S/c27-23-8-7-22(37-23)26(36)30-21-15-32(14-17(21)13-31-9-3-10-31)16-24(34)29-20-6-5-18(12-19(20)28)33-11-2-1-4-25(33)35/h1-2,4-8,11-12,17,21H,3,9-10,13-16H2,(H,29,34)(H,30,36)/t17-,21-/m0/s1. The summed E-state index contributed by atoms with van der Waals surface area (Å²) in [5, 5.41) is 5.76. The van der Waals surface area contributed by atoms with Gasteiger partial charge in [0, 0.05) is 49.9 Å². The molecule has 2 saturated heterocycles. The predicted octanol–water partition coefficient (Wildman–Crippen LogP) is 3.07. The second kappa shape index (κ2) is 11.1. The largest absolute Gasteiger partial charge is 0.347 e. The molecule has 5 rings (SSSR count). The van der Waals surface area contributed by atoms with Gasteiger partial charge in [0.1, 0.15) is 5.82 Å². The van der Waals surface area contributed by atoms with Crippen molar-refractivity contribution >= 4 is 40.4 Å². The number of halogens is 2. The summed E-state index contributed by atoms with van der Waals surface area (Å²) in [4.78, 5) is 42.5. The zero-order valence-electron chi connectivity index (χ0n) is 20.0. The topological polar surface area (TPSA) is 86.7 Å². The number of aromatic nitrogens is 1. The van der Waals surface area contributed by atoms with Crippen molar-refractivity contribution in [1.29, 1.82) is 0 Å². The molecule has 0 bridgehead atoms. The number of likely N-dealkylation sites (tertiary alicyclic amines) is 2. The minimum Gasteiger partial charge on any atom is -0.347 e. The molecule has 194 valence electrons. The van der Waals surface area contributed by atoms with Crippen LogP contribution in [-0.2, 0) is 4.79 Å². The highest BCUT2D eigenvalue weighted by Crippen LogP contribution is 2.25. The van der Waals surface area contributed by atoms with E-state index in [4.69, 9.17) is 11.6 Å². The molecule has 1 aromatic carbocycles. The summed E-state index contributed by atoms with van der Waals surface area (Å²) >= 11 is 7.22. The summed E-state index contributed by atoms with van der Waals surface area (Å²) in [7, 11) is 0. The van der Waals surface area contributed by atoms with E-state index in [-0.39, 0.29) is 41.6 Å². The van der Waals surface area contributed by atoms with Crippen LogP contribution >= 0.6 is 22.9 Å². The third-order valence-electron chi connectivity index (χ3n) is 6.77. The van der Waals surface area contributed by atoms with Gasteiger partial charge in [0.05, 0.1) is 27.1 Å². The molecule has 8 nitrogen and oxygen atoms in total. The molecule has 2 fully saturated rings. The maximum Gasteiger partial charge on any atom is 0.261 e. The van der Waals surface area contributed by atoms with Crippen LogP contribution in [-0.4, -0.2) is 71.5 Å². The highest BCUT2D eigenvalue weighted by Gasteiger charge is 2.36. The molecular formula is C26H27ClFN5O3S. The molecule has 11 heteroatoms. The molecule has 4 heterocycles. The number of benzene rings is 1. The Balaban J connectivity index is 1.21. The summed E-state index contributed by atoms with van der Waals surface area (Å²) < 4.78 is 16.6. The van der Waals surface area contributed by atoms with E-state index in [0.717, 1.165) is 19.6 Å².